The Labute approximate surface area is 396 Å². The van der Waals surface area contributed by atoms with E-state index in [-0.39, 0.29) is 41.4 Å². The average molecular weight is 973 g/mol. The topological polar surface area (TPSA) is 170 Å². The van der Waals surface area contributed by atoms with Gasteiger partial charge in [-0.1, -0.05) is 30.3 Å². The van der Waals surface area contributed by atoms with Crippen molar-refractivity contribution < 1.29 is 54.6 Å². The van der Waals surface area contributed by atoms with Gasteiger partial charge in [0, 0.05) is 47.8 Å². The molecule has 0 unspecified atom stereocenters. The smallest absolute Gasteiger partial charge is 0.444 e. The fourth-order valence-corrected chi connectivity index (χ4v) is 8.65. The van der Waals surface area contributed by atoms with E-state index in [0.29, 0.717) is 49.4 Å². The molecule has 2 fully saturated rings. The second-order valence-corrected chi connectivity index (χ2v) is 19.3. The number of ether oxygens (including phenoxy) is 1. The maximum Gasteiger partial charge on any atom is 0.460 e. The van der Waals surface area contributed by atoms with E-state index in [9.17, 15) is 49.9 Å². The molecular weight excluding hydrogens is 914 g/mol. The summed E-state index contributed by atoms with van der Waals surface area (Å²) in [5.74, 6) is -16.1. The zero-order chi connectivity index (χ0) is 50.5. The molecule has 13 nitrogen and oxygen atoms in total. The SMILES string of the molecule is Cc1cc(C(=O)NC2CCC(N(C)C)CC2)ccc1-c1ccc(C[C@H](NC(=O)C2CCC(CNC(=O)OC(C)(C)C)CC2)C(=O)Nc2ccc(-c3n[nH]c(C(F)(F)C(F)(F)C(F)(F)F)n3)cc2)cc1. The summed E-state index contributed by atoms with van der Waals surface area (Å²) in [6.45, 7) is 7.62. The molecule has 1 atom stereocenters. The van der Waals surface area contributed by atoms with Gasteiger partial charge < -0.3 is 30.9 Å². The van der Waals surface area contributed by atoms with Crippen LogP contribution in [-0.4, -0.2) is 100 Å². The normalized spacial score (nSPS) is 19.6. The van der Waals surface area contributed by atoms with Crippen molar-refractivity contribution in [3.63, 3.8) is 0 Å². The van der Waals surface area contributed by atoms with Gasteiger partial charge in [0.2, 0.25) is 17.6 Å². The van der Waals surface area contributed by atoms with Crippen LogP contribution in [0.2, 0.25) is 0 Å². The Morgan fingerprint density at radius 2 is 1.43 bits per heavy atom. The highest BCUT2D eigenvalue weighted by Crippen LogP contribution is 2.51. The molecule has 3 aromatic carbocycles. The Hall–Kier alpha value is -6.05. The number of hydrogen-bond acceptors (Lipinski definition) is 8. The highest BCUT2D eigenvalue weighted by molar-refractivity contribution is 5.98. The molecule has 6 rings (SSSR count). The summed E-state index contributed by atoms with van der Waals surface area (Å²) in [7, 11) is 4.15. The molecule has 1 heterocycles. The number of nitrogens with zero attached hydrogens (tertiary/aromatic N) is 3. The van der Waals surface area contributed by atoms with E-state index in [4.69, 9.17) is 4.74 Å². The third-order valence-corrected chi connectivity index (χ3v) is 12.7. The van der Waals surface area contributed by atoms with Gasteiger partial charge in [-0.25, -0.2) is 9.78 Å². The van der Waals surface area contributed by atoms with Crippen LogP contribution >= 0.6 is 0 Å². The van der Waals surface area contributed by atoms with Crippen molar-refractivity contribution in [2.24, 2.45) is 11.8 Å². The molecule has 2 aliphatic rings. The number of rotatable bonds is 15. The number of hydrogen-bond donors (Lipinski definition) is 5. The molecule has 0 saturated heterocycles. The number of carbonyl (C=O) groups is 4. The van der Waals surface area contributed by atoms with Gasteiger partial charge in [-0.05, 0) is 158 Å². The third kappa shape index (κ3) is 13.2. The van der Waals surface area contributed by atoms with Crippen LogP contribution in [0.4, 0.5) is 41.2 Å². The Morgan fingerprint density at radius 1 is 0.812 bits per heavy atom. The summed E-state index contributed by atoms with van der Waals surface area (Å²) in [5.41, 5.74) is 3.41. The van der Waals surface area contributed by atoms with Crippen molar-refractivity contribution in [2.75, 3.05) is 26.0 Å². The second-order valence-electron chi connectivity index (χ2n) is 19.3. The number of aromatic amines is 1. The van der Waals surface area contributed by atoms with Gasteiger partial charge >= 0.3 is 24.1 Å². The Morgan fingerprint density at radius 3 is 2.01 bits per heavy atom. The van der Waals surface area contributed by atoms with Crippen LogP contribution in [0.1, 0.15) is 99.4 Å². The van der Waals surface area contributed by atoms with Crippen molar-refractivity contribution in [1.82, 2.24) is 36.0 Å². The lowest BCUT2D eigenvalue weighted by Gasteiger charge is -2.33. The third-order valence-electron chi connectivity index (χ3n) is 12.7. The minimum Gasteiger partial charge on any atom is -0.444 e. The van der Waals surface area contributed by atoms with Crippen molar-refractivity contribution in [1.29, 1.82) is 0 Å². The number of aromatic nitrogens is 3. The maximum atomic E-state index is 14.3. The molecule has 374 valence electrons. The highest BCUT2D eigenvalue weighted by atomic mass is 19.4. The lowest BCUT2D eigenvalue weighted by atomic mass is 9.81. The fourth-order valence-electron chi connectivity index (χ4n) is 8.65. The molecule has 4 aromatic rings. The molecule has 0 aliphatic heterocycles. The first-order valence-corrected chi connectivity index (χ1v) is 22.9. The van der Waals surface area contributed by atoms with E-state index in [1.165, 1.54) is 29.4 Å². The van der Waals surface area contributed by atoms with Gasteiger partial charge in [0.15, 0.2) is 5.82 Å². The monoisotopic (exact) mass is 972 g/mol. The van der Waals surface area contributed by atoms with Crippen LogP contribution in [0.15, 0.2) is 66.7 Å². The predicted octanol–water partition coefficient (Wildman–Crippen LogP) is 9.34. The van der Waals surface area contributed by atoms with Crippen LogP contribution in [0, 0.1) is 18.8 Å². The molecular formula is C49H59F7N8O5. The number of halogens is 7. The molecule has 2 aliphatic carbocycles. The summed E-state index contributed by atoms with van der Waals surface area (Å²) >= 11 is 0. The number of amides is 4. The van der Waals surface area contributed by atoms with E-state index in [2.05, 4.69) is 50.3 Å². The number of carbonyl (C=O) groups excluding carboxylic acids is 4. The van der Waals surface area contributed by atoms with E-state index in [0.717, 1.165) is 42.4 Å². The lowest BCUT2D eigenvalue weighted by Crippen LogP contribution is -2.50. The Bertz CT molecular complexity index is 2420. The molecule has 0 radical (unpaired) electrons. The largest absolute Gasteiger partial charge is 0.460 e. The molecule has 4 amide bonds. The van der Waals surface area contributed by atoms with Gasteiger partial charge in [-0.15, -0.1) is 0 Å². The van der Waals surface area contributed by atoms with Gasteiger partial charge in [0.05, 0.1) is 0 Å². The minimum atomic E-state index is -6.57. The number of benzene rings is 3. The quantitative estimate of drug-likeness (QED) is 0.0735. The first-order valence-electron chi connectivity index (χ1n) is 22.9. The lowest BCUT2D eigenvalue weighted by molar-refractivity contribution is -0.361. The highest BCUT2D eigenvalue weighted by Gasteiger charge is 2.75. The summed E-state index contributed by atoms with van der Waals surface area (Å²) < 4.78 is 99.4. The Balaban J connectivity index is 1.13. The van der Waals surface area contributed by atoms with E-state index < -0.39 is 59.2 Å². The van der Waals surface area contributed by atoms with Crippen LogP contribution in [-0.2, 0) is 26.7 Å². The molecule has 20 heteroatoms. The first kappa shape index (κ1) is 52.3. The zero-order valence-corrected chi connectivity index (χ0v) is 39.3. The van der Waals surface area contributed by atoms with Gasteiger partial charge in [0.1, 0.15) is 11.6 Å². The molecule has 0 bridgehead atoms. The molecule has 2 saturated carbocycles. The summed E-state index contributed by atoms with van der Waals surface area (Å²) in [5, 5.41) is 16.5. The standard InChI is InChI=1S/C49H59F7N8O5/c1-28-25-34(42(66)58-36-20-22-37(23-21-36)64(5)6)17-24-38(28)31-11-7-29(8-12-31)26-39(60-41(65)33-13-9-30(10-14-33)27-57-45(68)69-46(2,3)4)43(67)59-35-18-15-32(16-19-35)40-61-44(63-62-40)47(50,51)48(52,53)49(54,55)56/h7-8,11-12,15-19,24-25,30,33,36-37,39H,9-10,13-14,20-23,26-27H2,1-6H3,(H,57,68)(H,58,66)(H,59,67)(H,60,65)(H,61,62,63)/t30?,33?,36?,37?,39-/m0/s1. The molecule has 69 heavy (non-hydrogen) atoms. The number of H-pyrrole nitrogens is 1. The first-order chi connectivity index (χ1) is 32.3. The van der Waals surface area contributed by atoms with E-state index in [1.807, 2.05) is 43.3 Å². The number of alkyl carbamates (subject to hydrolysis) is 1. The Kier molecular flexibility index (Phi) is 16.2. The number of anilines is 1. The number of aryl methyl sites for hydroxylation is 1. The van der Waals surface area contributed by atoms with Gasteiger partial charge in [0.25, 0.3) is 5.91 Å². The van der Waals surface area contributed by atoms with Crippen molar-refractivity contribution in [2.45, 2.75) is 127 Å². The van der Waals surface area contributed by atoms with Gasteiger partial charge in [-0.3, -0.25) is 19.5 Å². The van der Waals surface area contributed by atoms with Crippen LogP contribution < -0.4 is 21.3 Å². The zero-order valence-electron chi connectivity index (χ0n) is 39.3. The number of nitrogens with one attached hydrogen (secondary N) is 5. The second kappa shape index (κ2) is 21.3. The molecule has 0 spiro atoms. The van der Waals surface area contributed by atoms with E-state index >= 15 is 0 Å². The van der Waals surface area contributed by atoms with Crippen molar-refractivity contribution in [3.05, 3.63) is 89.2 Å². The summed E-state index contributed by atoms with van der Waals surface area (Å²) in [6, 6.07) is 17.7. The molecule has 1 aromatic heterocycles. The van der Waals surface area contributed by atoms with Crippen LogP contribution in [0.3, 0.4) is 0 Å². The van der Waals surface area contributed by atoms with Crippen molar-refractivity contribution >= 4 is 29.5 Å². The molecule has 5 N–H and O–H groups in total. The predicted molar refractivity (Wildman–Crippen MR) is 244 cm³/mol. The van der Waals surface area contributed by atoms with Crippen molar-refractivity contribution in [3.8, 4) is 22.5 Å². The maximum absolute atomic E-state index is 14.3. The van der Waals surface area contributed by atoms with Crippen LogP contribution in [0.25, 0.3) is 22.5 Å². The summed E-state index contributed by atoms with van der Waals surface area (Å²) in [6.07, 6.45) is -0.812. The average Bonchev–Trinajstić information content (AvgIpc) is 3.80. The minimum absolute atomic E-state index is 0.0468. The number of alkyl halides is 7. The van der Waals surface area contributed by atoms with Crippen LogP contribution in [0.5, 0.6) is 0 Å². The van der Waals surface area contributed by atoms with E-state index in [1.54, 1.807) is 26.8 Å². The fraction of sp³-hybridized carbons (Fsp3) is 0.510. The summed E-state index contributed by atoms with van der Waals surface area (Å²) in [4.78, 5) is 58.6. The van der Waals surface area contributed by atoms with Gasteiger partial charge in [-0.2, -0.15) is 35.8 Å².